The summed E-state index contributed by atoms with van der Waals surface area (Å²) in [5.41, 5.74) is 11.8. The van der Waals surface area contributed by atoms with Crippen LogP contribution in [0.2, 0.25) is 0 Å². The Labute approximate surface area is 300 Å². The van der Waals surface area contributed by atoms with Crippen LogP contribution in [0.15, 0.2) is 194 Å². The number of para-hydroxylation sites is 3. The van der Waals surface area contributed by atoms with Crippen LogP contribution in [0.25, 0.3) is 69.9 Å². The molecule has 0 aliphatic rings. The number of thiophene rings is 1. The first-order valence-corrected chi connectivity index (χ1v) is 18.2. The van der Waals surface area contributed by atoms with Gasteiger partial charge in [0.1, 0.15) is 0 Å². The molecule has 0 radical (unpaired) electrons. The molecule has 51 heavy (non-hydrogen) atoms. The van der Waals surface area contributed by atoms with Crippen LogP contribution in [0.3, 0.4) is 0 Å². The Bertz CT molecular complexity index is 2780. The Balaban J connectivity index is 1.13. The molecule has 0 saturated carbocycles. The summed E-state index contributed by atoms with van der Waals surface area (Å²) < 4.78 is 5.05. The predicted molar refractivity (Wildman–Crippen MR) is 219 cm³/mol. The zero-order valence-corrected chi connectivity index (χ0v) is 28.6. The predicted octanol–water partition coefficient (Wildman–Crippen LogP) is 14.0. The van der Waals surface area contributed by atoms with E-state index in [9.17, 15) is 0 Å². The highest BCUT2D eigenvalue weighted by Gasteiger charge is 2.18. The molecule has 0 unspecified atom stereocenters. The Morgan fingerprint density at radius 1 is 0.373 bits per heavy atom. The lowest BCUT2D eigenvalue weighted by atomic mass is 10.0. The van der Waals surface area contributed by atoms with Gasteiger partial charge >= 0.3 is 0 Å². The van der Waals surface area contributed by atoms with Crippen molar-refractivity contribution in [2.75, 3.05) is 4.90 Å². The molecule has 0 N–H and O–H groups in total. The van der Waals surface area contributed by atoms with Crippen molar-refractivity contribution in [1.82, 2.24) is 4.57 Å². The van der Waals surface area contributed by atoms with Gasteiger partial charge in [-0.3, -0.25) is 0 Å². The molecule has 2 nitrogen and oxygen atoms in total. The van der Waals surface area contributed by atoms with Crippen LogP contribution in [0, 0.1) is 0 Å². The first kappa shape index (κ1) is 29.5. The standard InChI is InChI=1S/C48H32N2S/c1-3-13-33(14-4-1)34-23-27-37(28-24-34)49(36-15-5-2-6-16-36)38-29-25-35(26-30-38)43-31-39(32-44-42-19-9-12-22-47(42)51-48(43)44)50-45-20-10-7-17-40(45)41-18-8-11-21-46(41)50/h1-32H. The van der Waals surface area contributed by atoms with Gasteiger partial charge in [0.15, 0.2) is 0 Å². The van der Waals surface area contributed by atoms with Crippen LogP contribution in [-0.2, 0) is 0 Å². The fraction of sp³-hybridized carbons (Fsp3) is 0. The molecule has 0 fully saturated rings. The van der Waals surface area contributed by atoms with E-state index >= 15 is 0 Å². The maximum absolute atomic E-state index is 2.44. The molecular weight excluding hydrogens is 637 g/mol. The number of nitrogens with zero attached hydrogens (tertiary/aromatic N) is 2. The van der Waals surface area contributed by atoms with Gasteiger partial charge in [0.2, 0.25) is 0 Å². The van der Waals surface area contributed by atoms with Crippen molar-refractivity contribution in [1.29, 1.82) is 0 Å². The zero-order chi connectivity index (χ0) is 33.7. The van der Waals surface area contributed by atoms with Gasteiger partial charge in [-0.1, -0.05) is 127 Å². The SMILES string of the molecule is c1ccc(-c2ccc(N(c3ccccc3)c3ccc(-c4cc(-n5c6ccccc6c6ccccc65)cc5c4sc4ccccc45)cc3)cc2)cc1. The van der Waals surface area contributed by atoms with Crippen molar-refractivity contribution in [2.24, 2.45) is 0 Å². The van der Waals surface area contributed by atoms with Gasteiger partial charge < -0.3 is 9.47 Å². The molecule has 0 saturated heterocycles. The van der Waals surface area contributed by atoms with Crippen LogP contribution >= 0.6 is 11.3 Å². The van der Waals surface area contributed by atoms with E-state index in [1.807, 2.05) is 11.3 Å². The molecule has 0 atom stereocenters. The second kappa shape index (κ2) is 12.2. The van der Waals surface area contributed by atoms with E-state index in [1.165, 1.54) is 69.9 Å². The smallest absolute Gasteiger partial charge is 0.0541 e. The fourth-order valence-electron chi connectivity index (χ4n) is 7.60. The van der Waals surface area contributed by atoms with E-state index < -0.39 is 0 Å². The molecule has 8 aromatic carbocycles. The molecule has 0 spiro atoms. The lowest BCUT2D eigenvalue weighted by Gasteiger charge is -2.26. The van der Waals surface area contributed by atoms with Crippen molar-refractivity contribution in [3.05, 3.63) is 194 Å². The van der Waals surface area contributed by atoms with Crippen molar-refractivity contribution in [3.8, 4) is 27.9 Å². The number of anilines is 3. The number of rotatable bonds is 6. The Morgan fingerprint density at radius 2 is 0.863 bits per heavy atom. The third-order valence-corrected chi connectivity index (χ3v) is 11.2. The van der Waals surface area contributed by atoms with E-state index in [-0.39, 0.29) is 0 Å². The molecule has 240 valence electrons. The molecule has 0 bridgehead atoms. The second-order valence-electron chi connectivity index (χ2n) is 13.0. The van der Waals surface area contributed by atoms with E-state index in [0.29, 0.717) is 0 Å². The summed E-state index contributed by atoms with van der Waals surface area (Å²) in [6, 6.07) is 70.3. The lowest BCUT2D eigenvalue weighted by molar-refractivity contribution is 1.19. The maximum atomic E-state index is 2.44. The molecule has 2 heterocycles. The molecule has 10 rings (SSSR count). The summed E-state index contributed by atoms with van der Waals surface area (Å²) in [5, 5.41) is 5.13. The molecule has 10 aromatic rings. The highest BCUT2D eigenvalue weighted by molar-refractivity contribution is 7.26. The minimum Gasteiger partial charge on any atom is -0.311 e. The third-order valence-electron chi connectivity index (χ3n) is 9.98. The molecule has 2 aromatic heterocycles. The van der Waals surface area contributed by atoms with Crippen molar-refractivity contribution < 1.29 is 0 Å². The first-order chi connectivity index (χ1) is 25.3. The summed E-state index contributed by atoms with van der Waals surface area (Å²) in [7, 11) is 0. The van der Waals surface area contributed by atoms with Crippen molar-refractivity contribution in [3.63, 3.8) is 0 Å². The van der Waals surface area contributed by atoms with Crippen LogP contribution in [-0.4, -0.2) is 4.57 Å². The topological polar surface area (TPSA) is 8.17 Å². The average molecular weight is 669 g/mol. The highest BCUT2D eigenvalue weighted by atomic mass is 32.1. The minimum atomic E-state index is 1.11. The van der Waals surface area contributed by atoms with Gasteiger partial charge in [-0.15, -0.1) is 11.3 Å². The normalized spacial score (nSPS) is 11.5. The summed E-state index contributed by atoms with van der Waals surface area (Å²) in [6.07, 6.45) is 0. The average Bonchev–Trinajstić information content (AvgIpc) is 3.75. The van der Waals surface area contributed by atoms with Crippen molar-refractivity contribution >= 4 is 70.4 Å². The van der Waals surface area contributed by atoms with Crippen LogP contribution in [0.1, 0.15) is 0 Å². The quantitative estimate of drug-likeness (QED) is 0.171. The van der Waals surface area contributed by atoms with Crippen molar-refractivity contribution in [2.45, 2.75) is 0 Å². The number of fused-ring (bicyclic) bond motifs is 6. The molecule has 0 aliphatic carbocycles. The Kier molecular flexibility index (Phi) is 7.04. The second-order valence-corrected chi connectivity index (χ2v) is 14.0. The molecular formula is C48H32N2S. The summed E-state index contributed by atoms with van der Waals surface area (Å²) in [4.78, 5) is 2.34. The van der Waals surface area contributed by atoms with E-state index in [1.54, 1.807) is 0 Å². The molecule has 3 heteroatoms. The maximum Gasteiger partial charge on any atom is 0.0541 e. The number of hydrogen-bond donors (Lipinski definition) is 0. The number of hydrogen-bond acceptors (Lipinski definition) is 2. The largest absolute Gasteiger partial charge is 0.311 e. The first-order valence-electron chi connectivity index (χ1n) is 17.4. The fourth-order valence-corrected chi connectivity index (χ4v) is 8.82. The Hall–Kier alpha value is -6.42. The number of benzene rings is 8. The van der Waals surface area contributed by atoms with Gasteiger partial charge in [0.05, 0.1) is 11.0 Å². The lowest BCUT2D eigenvalue weighted by Crippen LogP contribution is -2.09. The molecule has 0 amide bonds. The summed E-state index contributed by atoms with van der Waals surface area (Å²) in [6.45, 7) is 0. The van der Waals surface area contributed by atoms with Gasteiger partial charge in [-0.2, -0.15) is 0 Å². The van der Waals surface area contributed by atoms with E-state index in [0.717, 1.165) is 17.1 Å². The van der Waals surface area contributed by atoms with Gasteiger partial charge in [-0.05, 0) is 83.4 Å². The van der Waals surface area contributed by atoms with Gasteiger partial charge in [0.25, 0.3) is 0 Å². The van der Waals surface area contributed by atoms with Gasteiger partial charge in [-0.25, -0.2) is 0 Å². The zero-order valence-electron chi connectivity index (χ0n) is 27.8. The summed E-state index contributed by atoms with van der Waals surface area (Å²) >= 11 is 1.88. The monoisotopic (exact) mass is 668 g/mol. The van der Waals surface area contributed by atoms with Gasteiger partial charge in [0, 0.05) is 59.3 Å². The van der Waals surface area contributed by atoms with Crippen LogP contribution in [0.4, 0.5) is 17.1 Å². The Morgan fingerprint density at radius 3 is 1.51 bits per heavy atom. The summed E-state index contributed by atoms with van der Waals surface area (Å²) in [5.74, 6) is 0. The third kappa shape index (κ3) is 5.01. The highest BCUT2D eigenvalue weighted by Crippen LogP contribution is 2.44. The van der Waals surface area contributed by atoms with E-state index in [2.05, 4.69) is 204 Å². The molecule has 0 aliphatic heterocycles. The van der Waals surface area contributed by atoms with Crippen LogP contribution in [0.5, 0.6) is 0 Å². The van der Waals surface area contributed by atoms with Crippen LogP contribution < -0.4 is 4.90 Å². The van der Waals surface area contributed by atoms with E-state index in [4.69, 9.17) is 0 Å². The number of aromatic nitrogens is 1. The minimum absolute atomic E-state index is 1.11.